The molecular formula is C23H16OS. The van der Waals surface area contributed by atoms with Crippen LogP contribution in [0.5, 0.6) is 5.75 Å². The van der Waals surface area contributed by atoms with E-state index in [-0.39, 0.29) is 0 Å². The fourth-order valence-electron chi connectivity index (χ4n) is 3.61. The van der Waals surface area contributed by atoms with E-state index in [1.165, 1.54) is 42.1 Å². The van der Waals surface area contributed by atoms with Gasteiger partial charge in [-0.15, -0.1) is 11.3 Å². The van der Waals surface area contributed by atoms with Crippen LogP contribution in [-0.4, -0.2) is 7.11 Å². The van der Waals surface area contributed by atoms with Gasteiger partial charge in [-0.2, -0.15) is 0 Å². The van der Waals surface area contributed by atoms with E-state index >= 15 is 0 Å². The topological polar surface area (TPSA) is 9.23 Å². The molecule has 0 aliphatic heterocycles. The summed E-state index contributed by atoms with van der Waals surface area (Å²) >= 11 is 1.87. The highest BCUT2D eigenvalue weighted by Crippen LogP contribution is 2.44. The molecule has 4 aromatic carbocycles. The summed E-state index contributed by atoms with van der Waals surface area (Å²) in [6.07, 6.45) is 0. The van der Waals surface area contributed by atoms with Crippen molar-refractivity contribution < 1.29 is 4.74 Å². The summed E-state index contributed by atoms with van der Waals surface area (Å²) in [6.45, 7) is 0. The van der Waals surface area contributed by atoms with Gasteiger partial charge in [-0.25, -0.2) is 0 Å². The molecule has 0 saturated carbocycles. The lowest BCUT2D eigenvalue weighted by Crippen LogP contribution is -1.85. The molecule has 2 heteroatoms. The van der Waals surface area contributed by atoms with E-state index < -0.39 is 0 Å². The van der Waals surface area contributed by atoms with Gasteiger partial charge in [-0.05, 0) is 46.2 Å². The zero-order valence-electron chi connectivity index (χ0n) is 13.8. The zero-order chi connectivity index (χ0) is 16.8. The van der Waals surface area contributed by atoms with Gasteiger partial charge in [0.05, 0.1) is 7.11 Å². The van der Waals surface area contributed by atoms with Gasteiger partial charge in [0.1, 0.15) is 5.75 Å². The van der Waals surface area contributed by atoms with Gasteiger partial charge in [-0.3, -0.25) is 0 Å². The minimum absolute atomic E-state index is 0.885. The van der Waals surface area contributed by atoms with E-state index in [0.29, 0.717) is 0 Å². The highest BCUT2D eigenvalue weighted by atomic mass is 32.1. The van der Waals surface area contributed by atoms with Crippen LogP contribution in [0.4, 0.5) is 0 Å². The van der Waals surface area contributed by atoms with Crippen LogP contribution in [0.2, 0.25) is 0 Å². The molecule has 1 nitrogen and oxygen atoms in total. The number of hydrogen-bond donors (Lipinski definition) is 0. The van der Waals surface area contributed by atoms with Crippen LogP contribution in [0, 0.1) is 0 Å². The van der Waals surface area contributed by atoms with Gasteiger partial charge < -0.3 is 4.74 Å². The third-order valence-electron chi connectivity index (χ3n) is 4.77. The summed E-state index contributed by atoms with van der Waals surface area (Å²) in [5.74, 6) is 0.885. The van der Waals surface area contributed by atoms with Crippen LogP contribution in [0.1, 0.15) is 0 Å². The first kappa shape index (κ1) is 14.5. The Kier molecular flexibility index (Phi) is 3.25. The first-order chi connectivity index (χ1) is 12.3. The average molecular weight is 340 g/mol. The Labute approximate surface area is 150 Å². The second-order valence-corrected chi connectivity index (χ2v) is 7.26. The van der Waals surface area contributed by atoms with E-state index in [9.17, 15) is 0 Å². The molecule has 0 amide bonds. The van der Waals surface area contributed by atoms with Crippen molar-refractivity contribution in [3.63, 3.8) is 0 Å². The largest absolute Gasteiger partial charge is 0.497 e. The molecule has 0 spiro atoms. The summed E-state index contributed by atoms with van der Waals surface area (Å²) in [7, 11) is 1.71. The van der Waals surface area contributed by atoms with Crippen LogP contribution >= 0.6 is 11.3 Å². The quantitative estimate of drug-likeness (QED) is 0.340. The first-order valence-electron chi connectivity index (χ1n) is 8.32. The van der Waals surface area contributed by atoms with E-state index in [4.69, 9.17) is 4.74 Å². The lowest BCUT2D eigenvalue weighted by atomic mass is 9.93. The smallest absolute Gasteiger partial charge is 0.118 e. The van der Waals surface area contributed by atoms with Gasteiger partial charge in [0.25, 0.3) is 0 Å². The molecule has 0 saturated heterocycles. The van der Waals surface area contributed by atoms with Crippen molar-refractivity contribution >= 4 is 42.3 Å². The maximum atomic E-state index is 5.34. The fraction of sp³-hybridized carbons (Fsp3) is 0.0435. The minimum Gasteiger partial charge on any atom is -0.497 e. The number of hydrogen-bond acceptors (Lipinski definition) is 2. The molecule has 25 heavy (non-hydrogen) atoms. The lowest BCUT2D eigenvalue weighted by molar-refractivity contribution is 0.415. The molecule has 1 aromatic heterocycles. The number of benzene rings is 4. The molecule has 0 bridgehead atoms. The second-order valence-electron chi connectivity index (χ2n) is 6.17. The van der Waals surface area contributed by atoms with Crippen LogP contribution < -0.4 is 4.74 Å². The first-order valence-corrected chi connectivity index (χ1v) is 9.14. The predicted molar refractivity (Wildman–Crippen MR) is 109 cm³/mol. The molecule has 1 heterocycles. The monoisotopic (exact) mass is 340 g/mol. The SMILES string of the molecule is COc1ccc(-c2c3ccccc3cc3sc4ccccc4c23)cc1. The molecule has 120 valence electrons. The van der Waals surface area contributed by atoms with Gasteiger partial charge >= 0.3 is 0 Å². The second kappa shape index (κ2) is 5.61. The Morgan fingerprint density at radius 1 is 0.720 bits per heavy atom. The van der Waals surface area contributed by atoms with Gasteiger partial charge in [-0.1, -0.05) is 54.6 Å². The molecule has 0 unspecified atom stereocenters. The van der Waals surface area contributed by atoms with Crippen molar-refractivity contribution in [1.29, 1.82) is 0 Å². The standard InChI is InChI=1S/C23H16OS/c1-24-17-12-10-15(11-13-17)22-18-7-3-2-6-16(18)14-21-23(22)19-8-4-5-9-20(19)25-21/h2-14H,1H3. The maximum Gasteiger partial charge on any atom is 0.118 e. The summed E-state index contributed by atoms with van der Waals surface area (Å²) in [4.78, 5) is 0. The van der Waals surface area contributed by atoms with Crippen molar-refractivity contribution in [2.24, 2.45) is 0 Å². The molecule has 0 aliphatic rings. The predicted octanol–water partition coefficient (Wildman–Crippen LogP) is 6.88. The summed E-state index contributed by atoms with van der Waals surface area (Å²) in [5.41, 5.74) is 2.54. The Hall–Kier alpha value is -2.84. The van der Waals surface area contributed by atoms with Crippen molar-refractivity contribution in [2.45, 2.75) is 0 Å². The summed E-state index contributed by atoms with van der Waals surface area (Å²) < 4.78 is 8.01. The van der Waals surface area contributed by atoms with Crippen molar-refractivity contribution in [3.05, 3.63) is 78.9 Å². The number of ether oxygens (including phenoxy) is 1. The molecule has 5 rings (SSSR count). The Morgan fingerprint density at radius 2 is 1.44 bits per heavy atom. The molecule has 0 fully saturated rings. The van der Waals surface area contributed by atoms with Crippen molar-refractivity contribution in [1.82, 2.24) is 0 Å². The molecule has 5 aromatic rings. The normalized spacial score (nSPS) is 11.4. The summed E-state index contributed by atoms with van der Waals surface area (Å²) in [6, 6.07) is 28.1. The highest BCUT2D eigenvalue weighted by molar-refractivity contribution is 7.26. The molecule has 0 aliphatic carbocycles. The Bertz CT molecular complexity index is 1220. The van der Waals surface area contributed by atoms with Crippen LogP contribution in [0.3, 0.4) is 0 Å². The minimum atomic E-state index is 0.885. The lowest BCUT2D eigenvalue weighted by Gasteiger charge is -2.11. The molecular weight excluding hydrogens is 324 g/mol. The number of thiophene rings is 1. The van der Waals surface area contributed by atoms with Crippen molar-refractivity contribution in [2.75, 3.05) is 7.11 Å². The van der Waals surface area contributed by atoms with E-state index in [1.807, 2.05) is 23.5 Å². The van der Waals surface area contributed by atoms with Gasteiger partial charge in [0, 0.05) is 20.2 Å². The Morgan fingerprint density at radius 3 is 2.24 bits per heavy atom. The zero-order valence-corrected chi connectivity index (χ0v) is 14.6. The van der Waals surface area contributed by atoms with Gasteiger partial charge in [0.15, 0.2) is 0 Å². The maximum absolute atomic E-state index is 5.34. The van der Waals surface area contributed by atoms with Crippen LogP contribution in [-0.2, 0) is 0 Å². The van der Waals surface area contributed by atoms with E-state index in [2.05, 4.69) is 66.7 Å². The highest BCUT2D eigenvalue weighted by Gasteiger charge is 2.14. The van der Waals surface area contributed by atoms with E-state index in [1.54, 1.807) is 7.11 Å². The fourth-order valence-corrected chi connectivity index (χ4v) is 4.77. The molecule has 0 atom stereocenters. The number of fused-ring (bicyclic) bond motifs is 4. The third kappa shape index (κ3) is 2.22. The van der Waals surface area contributed by atoms with Gasteiger partial charge in [0.2, 0.25) is 0 Å². The molecule has 0 N–H and O–H groups in total. The number of rotatable bonds is 2. The number of methoxy groups -OCH3 is 1. The third-order valence-corrected chi connectivity index (χ3v) is 5.89. The van der Waals surface area contributed by atoms with Crippen molar-refractivity contribution in [3.8, 4) is 16.9 Å². The average Bonchev–Trinajstić information content (AvgIpc) is 3.04. The molecule has 0 radical (unpaired) electrons. The van der Waals surface area contributed by atoms with E-state index in [0.717, 1.165) is 5.75 Å². The Balaban J connectivity index is 1.98. The van der Waals surface area contributed by atoms with Crippen LogP contribution in [0.15, 0.2) is 78.9 Å². The summed E-state index contributed by atoms with van der Waals surface area (Å²) in [5, 5.41) is 5.26. The van der Waals surface area contributed by atoms with Crippen LogP contribution in [0.25, 0.3) is 42.1 Å².